The van der Waals surface area contributed by atoms with Crippen molar-refractivity contribution < 1.29 is 30.8 Å². The third-order valence-corrected chi connectivity index (χ3v) is 6.24. The molecule has 5 nitrogen and oxygen atoms in total. The normalized spacial score (nSPS) is 11.8. The minimum absolute atomic E-state index is 0.0680. The average Bonchev–Trinajstić information content (AvgIpc) is 2.70. The van der Waals surface area contributed by atoms with Crippen molar-refractivity contribution in [3.05, 3.63) is 87.6 Å². The lowest BCUT2D eigenvalue weighted by atomic mass is 10.1. The van der Waals surface area contributed by atoms with Gasteiger partial charge in [-0.2, -0.15) is 13.2 Å². The fraction of sp³-hybridized carbons (Fsp3) is 0.0952. The first kappa shape index (κ1) is 23.7. The average molecular weight is 531 g/mol. The maximum atomic E-state index is 14.0. The molecule has 0 aromatic heterocycles. The molecule has 0 atom stereocenters. The van der Waals surface area contributed by atoms with Crippen LogP contribution in [0, 0.1) is 12.7 Å². The summed E-state index contributed by atoms with van der Waals surface area (Å²) in [4.78, 5) is 12.3. The maximum Gasteiger partial charge on any atom is 0.416 e. The molecule has 0 saturated carbocycles. The number of sulfonamides is 1. The standard InChI is InChI=1S/C21H15BrF4N2O3S/c1-12-5-7-16(32(30,31)28-19-8-6-14(22)10-18(19)23)11-17(12)20(29)27-15-4-2-3-13(9-15)21(24,25)26/h2-11,28H,1H3,(H,27,29). The van der Waals surface area contributed by atoms with Crippen LogP contribution in [0.4, 0.5) is 28.9 Å². The molecule has 3 aromatic rings. The van der Waals surface area contributed by atoms with Crippen molar-refractivity contribution in [3.8, 4) is 0 Å². The van der Waals surface area contributed by atoms with Gasteiger partial charge in [0.25, 0.3) is 15.9 Å². The third-order valence-electron chi connectivity index (χ3n) is 4.39. The van der Waals surface area contributed by atoms with Crippen LogP contribution >= 0.6 is 15.9 Å². The van der Waals surface area contributed by atoms with Crippen LogP contribution in [0.5, 0.6) is 0 Å². The Balaban J connectivity index is 1.89. The summed E-state index contributed by atoms with van der Waals surface area (Å²) < 4.78 is 80.6. The zero-order valence-corrected chi connectivity index (χ0v) is 18.7. The second kappa shape index (κ2) is 8.91. The van der Waals surface area contributed by atoms with E-state index in [0.717, 1.165) is 30.3 Å². The Hall–Kier alpha value is -2.92. The molecule has 0 heterocycles. The van der Waals surface area contributed by atoms with Gasteiger partial charge in [0.2, 0.25) is 0 Å². The third kappa shape index (κ3) is 5.46. The molecule has 2 N–H and O–H groups in total. The second-order valence-electron chi connectivity index (χ2n) is 6.74. The fourth-order valence-corrected chi connectivity index (χ4v) is 4.19. The van der Waals surface area contributed by atoms with Crippen LogP contribution in [0.2, 0.25) is 0 Å². The lowest BCUT2D eigenvalue weighted by molar-refractivity contribution is -0.137. The molecule has 1 amide bonds. The zero-order chi connectivity index (χ0) is 23.7. The summed E-state index contributed by atoms with van der Waals surface area (Å²) in [6, 6.07) is 11.5. The Bertz CT molecular complexity index is 1290. The van der Waals surface area contributed by atoms with Gasteiger partial charge in [-0.05, 0) is 61.0 Å². The fourth-order valence-electron chi connectivity index (χ4n) is 2.76. The lowest BCUT2D eigenvalue weighted by Gasteiger charge is -2.13. The van der Waals surface area contributed by atoms with Crippen molar-refractivity contribution in [3.63, 3.8) is 0 Å². The van der Waals surface area contributed by atoms with E-state index in [9.17, 15) is 30.8 Å². The van der Waals surface area contributed by atoms with Crippen molar-refractivity contribution in [2.75, 3.05) is 10.0 Å². The highest BCUT2D eigenvalue weighted by Gasteiger charge is 2.30. The first-order chi connectivity index (χ1) is 14.9. The molecule has 32 heavy (non-hydrogen) atoms. The van der Waals surface area contributed by atoms with Crippen LogP contribution in [0.3, 0.4) is 0 Å². The Morgan fingerprint density at radius 3 is 2.38 bits per heavy atom. The quantitative estimate of drug-likeness (QED) is 0.399. The van der Waals surface area contributed by atoms with Crippen LogP contribution < -0.4 is 10.0 Å². The van der Waals surface area contributed by atoms with Crippen LogP contribution in [0.15, 0.2) is 70.0 Å². The number of anilines is 2. The van der Waals surface area contributed by atoms with Gasteiger partial charge >= 0.3 is 6.18 Å². The lowest BCUT2D eigenvalue weighted by Crippen LogP contribution is -2.18. The van der Waals surface area contributed by atoms with Gasteiger partial charge in [-0.3, -0.25) is 9.52 Å². The van der Waals surface area contributed by atoms with Crippen molar-refractivity contribution in [1.29, 1.82) is 0 Å². The number of rotatable bonds is 5. The van der Waals surface area contributed by atoms with Gasteiger partial charge in [-0.15, -0.1) is 0 Å². The molecule has 168 valence electrons. The Labute approximate surface area is 189 Å². The summed E-state index contributed by atoms with van der Waals surface area (Å²) in [5.41, 5.74) is -1.01. The molecule has 0 bridgehead atoms. The molecule has 0 radical (unpaired) electrons. The number of hydrogen-bond acceptors (Lipinski definition) is 3. The Morgan fingerprint density at radius 2 is 1.72 bits per heavy atom. The van der Waals surface area contributed by atoms with Crippen molar-refractivity contribution >= 4 is 43.2 Å². The summed E-state index contributed by atoms with van der Waals surface area (Å²) in [6.07, 6.45) is -4.58. The summed E-state index contributed by atoms with van der Waals surface area (Å²) in [5.74, 6) is -1.61. The van der Waals surface area contributed by atoms with E-state index in [1.807, 2.05) is 0 Å². The highest BCUT2D eigenvalue weighted by Crippen LogP contribution is 2.31. The number of benzene rings is 3. The first-order valence-corrected chi connectivity index (χ1v) is 11.2. The molecule has 3 aromatic carbocycles. The number of nitrogens with one attached hydrogen (secondary N) is 2. The number of carbonyl (C=O) groups excluding carboxylic acids is 1. The van der Waals surface area contributed by atoms with Gasteiger partial charge in [0.05, 0.1) is 16.1 Å². The van der Waals surface area contributed by atoms with E-state index in [4.69, 9.17) is 0 Å². The van der Waals surface area contributed by atoms with E-state index in [0.29, 0.717) is 10.0 Å². The SMILES string of the molecule is Cc1ccc(S(=O)(=O)Nc2ccc(Br)cc2F)cc1C(=O)Nc1cccc(C(F)(F)F)c1. The van der Waals surface area contributed by atoms with Gasteiger partial charge in [0, 0.05) is 15.7 Å². The monoisotopic (exact) mass is 530 g/mol. The minimum Gasteiger partial charge on any atom is -0.322 e. The number of carbonyl (C=O) groups is 1. The molecular formula is C21H15BrF4N2O3S. The van der Waals surface area contributed by atoms with Crippen LogP contribution in [0.25, 0.3) is 0 Å². The molecule has 0 saturated heterocycles. The Kier molecular flexibility index (Phi) is 6.61. The van der Waals surface area contributed by atoms with E-state index >= 15 is 0 Å². The van der Waals surface area contributed by atoms with Gasteiger partial charge in [-0.1, -0.05) is 28.1 Å². The second-order valence-corrected chi connectivity index (χ2v) is 9.34. The molecule has 0 unspecified atom stereocenters. The number of amides is 1. The van der Waals surface area contributed by atoms with Crippen LogP contribution in [0.1, 0.15) is 21.5 Å². The molecule has 0 spiro atoms. The van der Waals surface area contributed by atoms with E-state index < -0.39 is 33.5 Å². The summed E-state index contributed by atoms with van der Waals surface area (Å²) in [7, 11) is -4.25. The minimum atomic E-state index is -4.58. The van der Waals surface area contributed by atoms with E-state index in [2.05, 4.69) is 26.0 Å². The molecule has 3 rings (SSSR count). The molecule has 0 fully saturated rings. The largest absolute Gasteiger partial charge is 0.416 e. The van der Waals surface area contributed by atoms with Crippen molar-refractivity contribution in [1.82, 2.24) is 0 Å². The topological polar surface area (TPSA) is 75.3 Å². The summed E-state index contributed by atoms with van der Waals surface area (Å²) in [5, 5.41) is 2.34. The van der Waals surface area contributed by atoms with E-state index in [-0.39, 0.29) is 21.8 Å². The van der Waals surface area contributed by atoms with Crippen molar-refractivity contribution in [2.45, 2.75) is 18.0 Å². The first-order valence-electron chi connectivity index (χ1n) is 8.94. The molecule has 0 aliphatic rings. The predicted molar refractivity (Wildman–Crippen MR) is 115 cm³/mol. The molecule has 0 aliphatic heterocycles. The van der Waals surface area contributed by atoms with Gasteiger partial charge in [-0.25, -0.2) is 12.8 Å². The van der Waals surface area contributed by atoms with Gasteiger partial charge in [0.15, 0.2) is 0 Å². The molecule has 0 aliphatic carbocycles. The smallest absolute Gasteiger partial charge is 0.322 e. The predicted octanol–water partition coefficient (Wildman–Crippen LogP) is 5.97. The van der Waals surface area contributed by atoms with E-state index in [1.54, 1.807) is 6.92 Å². The highest BCUT2D eigenvalue weighted by atomic mass is 79.9. The molecular weight excluding hydrogens is 516 g/mol. The maximum absolute atomic E-state index is 14.0. The summed E-state index contributed by atoms with van der Waals surface area (Å²) >= 11 is 3.07. The summed E-state index contributed by atoms with van der Waals surface area (Å²) in [6.45, 7) is 1.54. The van der Waals surface area contributed by atoms with E-state index in [1.165, 1.54) is 30.3 Å². The molecule has 11 heteroatoms. The van der Waals surface area contributed by atoms with Gasteiger partial charge in [0.1, 0.15) is 5.82 Å². The van der Waals surface area contributed by atoms with Crippen molar-refractivity contribution in [2.24, 2.45) is 0 Å². The number of alkyl halides is 3. The Morgan fingerprint density at radius 1 is 1.00 bits per heavy atom. The van der Waals surface area contributed by atoms with Crippen LogP contribution in [-0.2, 0) is 16.2 Å². The van der Waals surface area contributed by atoms with Gasteiger partial charge < -0.3 is 5.32 Å². The number of halogens is 5. The zero-order valence-electron chi connectivity index (χ0n) is 16.3. The van der Waals surface area contributed by atoms with Crippen LogP contribution in [-0.4, -0.2) is 14.3 Å². The number of hydrogen-bond donors (Lipinski definition) is 2. The number of aryl methyl sites for hydroxylation is 1. The highest BCUT2D eigenvalue weighted by molar-refractivity contribution is 9.10.